The molecule has 0 aromatic rings. The number of allylic oxidation sites excluding steroid dienone is 1. The van der Waals surface area contributed by atoms with Gasteiger partial charge in [-0.2, -0.15) is 0 Å². The molecule has 2 heteroatoms. The molecule has 1 atom stereocenters. The summed E-state index contributed by atoms with van der Waals surface area (Å²) in [5, 5.41) is 3.25. The van der Waals surface area contributed by atoms with E-state index in [1.54, 1.807) is 0 Å². The second-order valence-electron chi connectivity index (χ2n) is 3.96. The molecule has 1 unspecified atom stereocenters. The number of rotatable bonds is 6. The molecule has 1 N–H and O–H groups in total. The van der Waals surface area contributed by atoms with Crippen molar-refractivity contribution >= 4 is 7.85 Å². The van der Waals surface area contributed by atoms with Crippen molar-refractivity contribution in [1.29, 1.82) is 0 Å². The molecule has 1 nitrogen and oxygen atoms in total. The molecule has 74 valence electrons. The first-order valence-electron chi connectivity index (χ1n) is 5.25. The molecule has 0 aliphatic rings. The highest BCUT2D eigenvalue weighted by molar-refractivity contribution is 6.13. The van der Waals surface area contributed by atoms with Crippen molar-refractivity contribution in [3.63, 3.8) is 0 Å². The Bertz CT molecular complexity index is 152. The monoisotopic (exact) mass is 179 g/mol. The molecule has 0 aliphatic heterocycles. The number of unbranched alkanes of at least 4 members (excludes halogenated alkanes) is 1. The fraction of sp³-hybridized carbons (Fsp3) is 0.818. The molecule has 13 heavy (non-hydrogen) atoms. The highest BCUT2D eigenvalue weighted by Crippen LogP contribution is 2.06. The maximum absolute atomic E-state index is 5.86. The van der Waals surface area contributed by atoms with E-state index in [1.165, 1.54) is 24.8 Å². The van der Waals surface area contributed by atoms with Gasteiger partial charge in [0.15, 0.2) is 0 Å². The average Bonchev–Trinajstić information content (AvgIpc) is 1.98. The van der Waals surface area contributed by atoms with Crippen LogP contribution in [0.15, 0.2) is 11.6 Å². The van der Waals surface area contributed by atoms with Crippen LogP contribution in [-0.2, 0) is 0 Å². The van der Waals surface area contributed by atoms with Crippen molar-refractivity contribution in [1.82, 2.24) is 5.32 Å². The van der Waals surface area contributed by atoms with Crippen LogP contribution in [0.3, 0.4) is 0 Å². The summed E-state index contributed by atoms with van der Waals surface area (Å²) in [5.41, 5.74) is 1.39. The highest BCUT2D eigenvalue weighted by Gasteiger charge is 1.99. The molecule has 0 bridgehead atoms. The molecule has 0 spiro atoms. The summed E-state index contributed by atoms with van der Waals surface area (Å²) in [4.78, 5) is 0. The second-order valence-corrected chi connectivity index (χ2v) is 3.96. The first-order chi connectivity index (χ1) is 6.06. The smallest absolute Gasteiger partial charge is 0.0963 e. The first-order valence-corrected chi connectivity index (χ1v) is 5.25. The molecule has 0 amide bonds. The van der Waals surface area contributed by atoms with Gasteiger partial charge in [0.2, 0.25) is 0 Å². The Balaban J connectivity index is 3.76. The Morgan fingerprint density at radius 3 is 2.54 bits per heavy atom. The minimum absolute atomic E-state index is 0.0110. The van der Waals surface area contributed by atoms with Gasteiger partial charge < -0.3 is 5.32 Å². The van der Waals surface area contributed by atoms with Gasteiger partial charge in [-0.05, 0) is 25.7 Å². The van der Waals surface area contributed by atoms with Gasteiger partial charge in [0.05, 0.1) is 7.85 Å². The quantitative estimate of drug-likeness (QED) is 0.488. The summed E-state index contributed by atoms with van der Waals surface area (Å²) in [7, 11) is 5.86. The third-order valence-electron chi connectivity index (χ3n) is 1.91. The van der Waals surface area contributed by atoms with Crippen LogP contribution in [-0.4, -0.2) is 19.8 Å². The molecule has 0 aromatic heterocycles. The van der Waals surface area contributed by atoms with Crippen LogP contribution < -0.4 is 5.32 Å². The fourth-order valence-corrected chi connectivity index (χ4v) is 1.28. The predicted octanol–water partition coefficient (Wildman–Crippen LogP) is 2.62. The maximum atomic E-state index is 5.86. The predicted molar refractivity (Wildman–Crippen MR) is 61.1 cm³/mol. The highest BCUT2D eigenvalue weighted by atomic mass is 14.9. The van der Waals surface area contributed by atoms with Crippen molar-refractivity contribution in [3.05, 3.63) is 11.6 Å². The van der Waals surface area contributed by atoms with Crippen molar-refractivity contribution < 1.29 is 0 Å². The lowest BCUT2D eigenvalue weighted by atomic mass is 9.92. The van der Waals surface area contributed by atoms with Crippen molar-refractivity contribution in [2.45, 2.75) is 58.9 Å². The lowest BCUT2D eigenvalue weighted by Gasteiger charge is -2.14. The van der Waals surface area contributed by atoms with Crippen molar-refractivity contribution in [2.24, 2.45) is 0 Å². The van der Waals surface area contributed by atoms with E-state index < -0.39 is 0 Å². The zero-order valence-electron chi connectivity index (χ0n) is 9.43. The van der Waals surface area contributed by atoms with E-state index in [1.807, 2.05) is 0 Å². The molecular formula is C11H22BN. The molecule has 0 fully saturated rings. The molecule has 0 heterocycles. The Morgan fingerprint density at radius 1 is 1.46 bits per heavy atom. The maximum Gasteiger partial charge on any atom is 0.0963 e. The summed E-state index contributed by atoms with van der Waals surface area (Å²) < 4.78 is 0. The van der Waals surface area contributed by atoms with Crippen LogP contribution in [0.5, 0.6) is 0 Å². The van der Waals surface area contributed by atoms with Gasteiger partial charge in [0, 0.05) is 6.04 Å². The van der Waals surface area contributed by atoms with E-state index in [4.69, 9.17) is 7.85 Å². The first kappa shape index (κ1) is 12.8. The molecule has 0 rings (SSSR count). The molecule has 0 aliphatic carbocycles. The summed E-state index contributed by atoms with van der Waals surface area (Å²) in [6, 6.07) is 0.449. The number of nitrogens with one attached hydrogen (secondary N) is 1. The molecular weight excluding hydrogens is 157 g/mol. The van der Waals surface area contributed by atoms with Crippen LogP contribution in [0.4, 0.5) is 0 Å². The standard InChI is InChI=1S/C11H22BN/c1-5-6-7-10(4)8-11(12)13-9(2)3/h8-9,11,13H,5-7H2,1-4H3/b10-8-. The van der Waals surface area contributed by atoms with Gasteiger partial charge in [-0.3, -0.25) is 0 Å². The summed E-state index contributed by atoms with van der Waals surface area (Å²) in [6.07, 6.45) is 5.80. The van der Waals surface area contributed by atoms with Gasteiger partial charge >= 0.3 is 0 Å². The zero-order chi connectivity index (χ0) is 10.3. The lowest BCUT2D eigenvalue weighted by Crippen LogP contribution is -2.33. The Kier molecular flexibility index (Phi) is 7.07. The second kappa shape index (κ2) is 7.20. The molecule has 0 saturated carbocycles. The van der Waals surface area contributed by atoms with Gasteiger partial charge in [-0.25, -0.2) is 0 Å². The van der Waals surface area contributed by atoms with E-state index in [0.717, 1.165) is 0 Å². The van der Waals surface area contributed by atoms with Gasteiger partial charge in [0.1, 0.15) is 0 Å². The van der Waals surface area contributed by atoms with Crippen LogP contribution in [0.25, 0.3) is 0 Å². The van der Waals surface area contributed by atoms with E-state index in [-0.39, 0.29) is 5.94 Å². The van der Waals surface area contributed by atoms with Crippen LogP contribution in [0.2, 0.25) is 0 Å². The van der Waals surface area contributed by atoms with Crippen molar-refractivity contribution in [3.8, 4) is 0 Å². The summed E-state index contributed by atoms with van der Waals surface area (Å²) in [5.74, 6) is 0.0110. The molecule has 2 radical (unpaired) electrons. The number of hydrogen-bond acceptors (Lipinski definition) is 1. The number of hydrogen-bond donors (Lipinski definition) is 1. The Hall–Kier alpha value is -0.235. The third-order valence-corrected chi connectivity index (χ3v) is 1.91. The summed E-state index contributed by atoms with van der Waals surface area (Å²) >= 11 is 0. The largest absolute Gasteiger partial charge is 0.317 e. The molecule has 0 aromatic carbocycles. The van der Waals surface area contributed by atoms with Crippen LogP contribution in [0.1, 0.15) is 47.0 Å². The average molecular weight is 179 g/mol. The summed E-state index contributed by atoms with van der Waals surface area (Å²) in [6.45, 7) is 8.57. The Labute approximate surface area is 84.4 Å². The van der Waals surface area contributed by atoms with Gasteiger partial charge in [0.25, 0.3) is 0 Å². The minimum Gasteiger partial charge on any atom is -0.317 e. The fourth-order valence-electron chi connectivity index (χ4n) is 1.28. The van der Waals surface area contributed by atoms with E-state index >= 15 is 0 Å². The Morgan fingerprint density at radius 2 is 2.08 bits per heavy atom. The normalized spacial score (nSPS) is 15.0. The van der Waals surface area contributed by atoms with E-state index in [9.17, 15) is 0 Å². The third kappa shape index (κ3) is 8.10. The lowest BCUT2D eigenvalue weighted by molar-refractivity contribution is 0.601. The van der Waals surface area contributed by atoms with Crippen molar-refractivity contribution in [2.75, 3.05) is 0 Å². The van der Waals surface area contributed by atoms with Gasteiger partial charge in [-0.1, -0.05) is 38.8 Å². The zero-order valence-corrected chi connectivity index (χ0v) is 9.43. The van der Waals surface area contributed by atoms with Crippen LogP contribution in [0, 0.1) is 0 Å². The van der Waals surface area contributed by atoms with E-state index in [0.29, 0.717) is 6.04 Å². The minimum atomic E-state index is 0.0110. The topological polar surface area (TPSA) is 12.0 Å². The van der Waals surface area contributed by atoms with Crippen LogP contribution >= 0.6 is 0 Å². The SMILES string of the molecule is [B]C(/C=C(/C)CCCC)NC(C)C. The van der Waals surface area contributed by atoms with Gasteiger partial charge in [-0.15, -0.1) is 0 Å². The van der Waals surface area contributed by atoms with E-state index in [2.05, 4.69) is 39.1 Å². The molecule has 0 saturated heterocycles.